The summed E-state index contributed by atoms with van der Waals surface area (Å²) < 4.78 is 0. The number of para-hydroxylation sites is 1. The first-order chi connectivity index (χ1) is 16.0. The normalized spacial score (nSPS) is 15.6. The number of rotatable bonds is 12. The van der Waals surface area contributed by atoms with Gasteiger partial charge in [0.05, 0.1) is 18.7 Å². The van der Waals surface area contributed by atoms with Gasteiger partial charge >= 0.3 is 5.97 Å². The van der Waals surface area contributed by atoms with Crippen molar-refractivity contribution in [2.24, 2.45) is 11.7 Å². The van der Waals surface area contributed by atoms with Crippen LogP contribution in [0.1, 0.15) is 32.8 Å². The summed E-state index contributed by atoms with van der Waals surface area (Å²) >= 11 is 0. The molecule has 2 aromatic rings. The van der Waals surface area contributed by atoms with Crippen LogP contribution in [0, 0.1) is 5.92 Å². The summed E-state index contributed by atoms with van der Waals surface area (Å²) in [6.07, 6.45) is 1.14. The summed E-state index contributed by atoms with van der Waals surface area (Å²) in [6, 6.07) is 3.99. The molecule has 5 unspecified atom stereocenters. The molecule has 0 fully saturated rings. The van der Waals surface area contributed by atoms with E-state index in [9.17, 15) is 29.4 Å². The predicted molar refractivity (Wildman–Crippen MR) is 126 cm³/mol. The van der Waals surface area contributed by atoms with Gasteiger partial charge in [-0.1, -0.05) is 38.5 Å². The largest absolute Gasteiger partial charge is 0.480 e. The number of hydrogen-bond acceptors (Lipinski definition) is 6. The third-order valence-electron chi connectivity index (χ3n) is 5.78. The average Bonchev–Trinajstić information content (AvgIpc) is 3.21. The Labute approximate surface area is 197 Å². The molecule has 5 atom stereocenters. The molecule has 0 aliphatic heterocycles. The van der Waals surface area contributed by atoms with Crippen LogP contribution in [0.25, 0.3) is 10.9 Å². The first-order valence-corrected chi connectivity index (χ1v) is 11.1. The number of hydrogen-bond donors (Lipinski definition) is 7. The molecule has 11 heteroatoms. The van der Waals surface area contributed by atoms with Crippen LogP contribution in [0.15, 0.2) is 30.5 Å². The number of benzene rings is 1. The summed E-state index contributed by atoms with van der Waals surface area (Å²) in [5.41, 5.74) is 7.44. The fourth-order valence-electron chi connectivity index (χ4n) is 3.41. The molecular weight excluding hydrogens is 442 g/mol. The predicted octanol–water partition coefficient (Wildman–Crippen LogP) is -0.365. The number of aromatic nitrogens is 1. The van der Waals surface area contributed by atoms with E-state index in [0.717, 1.165) is 16.5 Å². The van der Waals surface area contributed by atoms with Crippen LogP contribution in [0.4, 0.5) is 0 Å². The minimum Gasteiger partial charge on any atom is -0.480 e. The Morgan fingerprint density at radius 2 is 1.76 bits per heavy atom. The lowest BCUT2D eigenvalue weighted by Gasteiger charge is -2.24. The monoisotopic (exact) mass is 475 g/mol. The molecule has 1 aromatic heterocycles. The average molecular weight is 476 g/mol. The van der Waals surface area contributed by atoms with E-state index in [0.29, 0.717) is 6.42 Å². The Balaban J connectivity index is 1.95. The fourth-order valence-corrected chi connectivity index (χ4v) is 3.41. The Kier molecular flexibility index (Phi) is 9.58. The molecule has 0 aliphatic rings. The lowest BCUT2D eigenvalue weighted by molar-refractivity contribution is -0.141. The van der Waals surface area contributed by atoms with Crippen LogP contribution in [-0.2, 0) is 25.6 Å². The number of nitrogens with one attached hydrogen (secondary N) is 4. The summed E-state index contributed by atoms with van der Waals surface area (Å²) in [7, 11) is 0. The van der Waals surface area contributed by atoms with E-state index in [1.54, 1.807) is 13.1 Å². The van der Waals surface area contributed by atoms with Gasteiger partial charge in [0.1, 0.15) is 12.1 Å². The number of nitrogens with two attached hydrogens (primary N) is 1. The van der Waals surface area contributed by atoms with Gasteiger partial charge in [-0.05, 0) is 24.5 Å². The number of carbonyl (C=O) groups is 4. The van der Waals surface area contributed by atoms with Crippen molar-refractivity contribution in [2.75, 3.05) is 6.54 Å². The van der Waals surface area contributed by atoms with E-state index in [1.165, 1.54) is 6.92 Å². The maximum atomic E-state index is 12.5. The molecule has 1 heterocycles. The van der Waals surface area contributed by atoms with Crippen molar-refractivity contribution >= 4 is 34.6 Å². The van der Waals surface area contributed by atoms with E-state index in [1.807, 2.05) is 31.2 Å². The Morgan fingerprint density at radius 3 is 2.38 bits per heavy atom. The highest BCUT2D eigenvalue weighted by Gasteiger charge is 2.30. The van der Waals surface area contributed by atoms with E-state index in [4.69, 9.17) is 5.73 Å². The van der Waals surface area contributed by atoms with Crippen molar-refractivity contribution in [2.45, 2.75) is 57.8 Å². The highest BCUT2D eigenvalue weighted by atomic mass is 16.4. The van der Waals surface area contributed by atoms with E-state index < -0.39 is 54.5 Å². The molecule has 0 bridgehead atoms. The quantitative estimate of drug-likeness (QED) is 0.218. The molecule has 34 heavy (non-hydrogen) atoms. The zero-order chi connectivity index (χ0) is 25.4. The van der Waals surface area contributed by atoms with Gasteiger partial charge in [-0.3, -0.25) is 14.4 Å². The van der Waals surface area contributed by atoms with Crippen LogP contribution in [-0.4, -0.2) is 69.7 Å². The number of aliphatic carboxylic acids is 1. The fraction of sp³-hybridized carbons (Fsp3) is 0.478. The van der Waals surface area contributed by atoms with Crippen LogP contribution in [0.2, 0.25) is 0 Å². The number of carboxylic acids is 1. The van der Waals surface area contributed by atoms with E-state index in [2.05, 4.69) is 20.9 Å². The minimum absolute atomic E-state index is 0.0406. The third-order valence-corrected chi connectivity index (χ3v) is 5.78. The molecule has 0 saturated heterocycles. The van der Waals surface area contributed by atoms with Crippen molar-refractivity contribution in [1.29, 1.82) is 0 Å². The van der Waals surface area contributed by atoms with Crippen molar-refractivity contribution in [3.63, 3.8) is 0 Å². The number of H-pyrrole nitrogens is 1. The van der Waals surface area contributed by atoms with E-state index in [-0.39, 0.29) is 12.3 Å². The lowest BCUT2D eigenvalue weighted by Crippen LogP contribution is -2.58. The van der Waals surface area contributed by atoms with Crippen molar-refractivity contribution in [1.82, 2.24) is 20.9 Å². The van der Waals surface area contributed by atoms with Crippen molar-refractivity contribution in [3.05, 3.63) is 36.0 Å². The number of fused-ring (bicyclic) bond motifs is 1. The summed E-state index contributed by atoms with van der Waals surface area (Å²) in [6.45, 7) is 4.45. The Morgan fingerprint density at radius 1 is 1.09 bits per heavy atom. The zero-order valence-electron chi connectivity index (χ0n) is 19.5. The third kappa shape index (κ3) is 7.03. The van der Waals surface area contributed by atoms with Gasteiger partial charge in [0.25, 0.3) is 0 Å². The van der Waals surface area contributed by atoms with E-state index >= 15 is 0 Å². The molecular formula is C23H33N5O6. The van der Waals surface area contributed by atoms with Crippen molar-refractivity contribution in [3.8, 4) is 0 Å². The molecule has 186 valence electrons. The SMILES string of the molecule is CCC(C)C(N)C(=O)NC(C(=O)NCC(=O)NC(Cc1c[nH]c2ccccc12)C(=O)O)C(C)O. The molecule has 1 aromatic carbocycles. The molecule has 11 nitrogen and oxygen atoms in total. The number of aliphatic hydroxyl groups excluding tert-OH is 1. The molecule has 0 saturated carbocycles. The van der Waals surface area contributed by atoms with Gasteiger partial charge in [-0.2, -0.15) is 0 Å². The Hall–Kier alpha value is -3.44. The minimum atomic E-state index is -1.32. The second kappa shape index (κ2) is 12.1. The van der Waals surface area contributed by atoms with Gasteiger partial charge in [0, 0.05) is 23.5 Å². The number of aromatic amines is 1. The summed E-state index contributed by atoms with van der Waals surface area (Å²) in [5.74, 6) is -3.47. The standard InChI is InChI=1S/C23H33N5O6/c1-4-12(2)19(24)21(31)28-20(13(3)29)22(32)26-11-18(30)27-17(23(33)34)9-14-10-25-16-8-6-5-7-15(14)16/h5-8,10,12-13,17,19-20,25,29H,4,9,11,24H2,1-3H3,(H,26,32)(H,27,30)(H,28,31)(H,33,34). The molecule has 8 N–H and O–H groups in total. The first-order valence-electron chi connectivity index (χ1n) is 11.1. The van der Waals surface area contributed by atoms with Crippen LogP contribution in [0.5, 0.6) is 0 Å². The zero-order valence-corrected chi connectivity index (χ0v) is 19.5. The smallest absolute Gasteiger partial charge is 0.326 e. The van der Waals surface area contributed by atoms with Gasteiger partial charge in [-0.15, -0.1) is 0 Å². The van der Waals surface area contributed by atoms with Gasteiger partial charge in [-0.25, -0.2) is 4.79 Å². The lowest BCUT2D eigenvalue weighted by atomic mass is 9.99. The van der Waals surface area contributed by atoms with Gasteiger partial charge in [0.15, 0.2) is 0 Å². The molecule has 0 radical (unpaired) electrons. The van der Waals surface area contributed by atoms with Crippen LogP contribution in [0.3, 0.4) is 0 Å². The Bertz CT molecular complexity index is 1020. The van der Waals surface area contributed by atoms with Crippen LogP contribution >= 0.6 is 0 Å². The second-order valence-corrected chi connectivity index (χ2v) is 8.38. The number of amides is 3. The molecule has 0 spiro atoms. The first kappa shape index (κ1) is 26.8. The highest BCUT2D eigenvalue weighted by molar-refractivity contribution is 5.93. The van der Waals surface area contributed by atoms with Crippen LogP contribution < -0.4 is 21.7 Å². The number of carboxylic acid groups (broad SMARTS) is 1. The van der Waals surface area contributed by atoms with Gasteiger partial charge in [0.2, 0.25) is 17.7 Å². The molecule has 3 amide bonds. The topological polar surface area (TPSA) is 187 Å². The summed E-state index contributed by atoms with van der Waals surface area (Å²) in [4.78, 5) is 51.9. The number of aliphatic hydroxyl groups is 1. The molecule has 2 rings (SSSR count). The maximum absolute atomic E-state index is 12.5. The maximum Gasteiger partial charge on any atom is 0.326 e. The van der Waals surface area contributed by atoms with Crippen molar-refractivity contribution < 1.29 is 29.4 Å². The highest BCUT2D eigenvalue weighted by Crippen LogP contribution is 2.19. The number of carbonyl (C=O) groups excluding carboxylic acids is 3. The van der Waals surface area contributed by atoms with Gasteiger partial charge < -0.3 is 36.9 Å². The summed E-state index contributed by atoms with van der Waals surface area (Å²) in [5, 5.41) is 27.4. The second-order valence-electron chi connectivity index (χ2n) is 8.38. The molecule has 0 aliphatic carbocycles.